The van der Waals surface area contributed by atoms with Gasteiger partial charge in [0.2, 0.25) is 5.91 Å². The van der Waals surface area contributed by atoms with Gasteiger partial charge in [0, 0.05) is 24.3 Å². The quantitative estimate of drug-likeness (QED) is 0.840. The number of amides is 1. The van der Waals surface area contributed by atoms with Crippen molar-refractivity contribution < 1.29 is 19.0 Å². The Balaban J connectivity index is 2.03. The van der Waals surface area contributed by atoms with E-state index in [1.54, 1.807) is 19.2 Å². The summed E-state index contributed by atoms with van der Waals surface area (Å²) in [4.78, 5) is 12.0. The summed E-state index contributed by atoms with van der Waals surface area (Å²) >= 11 is 0. The molecule has 1 saturated heterocycles. The Bertz CT molecular complexity index is 497. The Morgan fingerprint density at radius 3 is 2.91 bits per heavy atom. The third-order valence-corrected chi connectivity index (χ3v) is 3.94. The number of carbonyl (C=O) groups is 1. The average Bonchev–Trinajstić information content (AvgIpc) is 3.05. The first-order valence-electron chi connectivity index (χ1n) is 7.87. The summed E-state index contributed by atoms with van der Waals surface area (Å²) in [5.74, 6) is 1.27. The summed E-state index contributed by atoms with van der Waals surface area (Å²) in [5, 5.41) is 2.91. The second kappa shape index (κ2) is 8.03. The predicted octanol–water partition coefficient (Wildman–Crippen LogP) is 3.24. The molecule has 1 fully saturated rings. The summed E-state index contributed by atoms with van der Waals surface area (Å²) in [6, 6.07) is 5.42. The Kier molecular flexibility index (Phi) is 6.07. The molecule has 1 amide bonds. The SMILES string of the molecule is CCC(C)C(=O)Nc1ccc(OC)c(OCC2CCCO2)c1. The normalized spacial score (nSPS) is 18.8. The number of carbonyl (C=O) groups excluding carboxylic acids is 1. The molecule has 2 rings (SSSR count). The van der Waals surface area contributed by atoms with Crippen LogP contribution in [0.25, 0.3) is 0 Å². The Labute approximate surface area is 131 Å². The zero-order valence-corrected chi connectivity index (χ0v) is 13.6. The lowest BCUT2D eigenvalue weighted by atomic mass is 10.1. The molecule has 0 bridgehead atoms. The molecule has 0 radical (unpaired) electrons. The van der Waals surface area contributed by atoms with Crippen molar-refractivity contribution in [2.45, 2.75) is 39.2 Å². The van der Waals surface area contributed by atoms with Gasteiger partial charge < -0.3 is 19.5 Å². The van der Waals surface area contributed by atoms with Gasteiger partial charge in [0.1, 0.15) is 6.61 Å². The lowest BCUT2D eigenvalue weighted by Crippen LogP contribution is -2.20. The van der Waals surface area contributed by atoms with Crippen molar-refractivity contribution in [3.05, 3.63) is 18.2 Å². The molecule has 1 aromatic rings. The van der Waals surface area contributed by atoms with Gasteiger partial charge in [-0.05, 0) is 31.4 Å². The molecule has 0 spiro atoms. The molecule has 2 atom stereocenters. The van der Waals surface area contributed by atoms with E-state index in [2.05, 4.69) is 5.32 Å². The molecule has 0 aromatic heterocycles. The van der Waals surface area contributed by atoms with Gasteiger partial charge in [0.15, 0.2) is 11.5 Å². The molecule has 22 heavy (non-hydrogen) atoms. The molecule has 122 valence electrons. The van der Waals surface area contributed by atoms with Crippen LogP contribution in [0.1, 0.15) is 33.1 Å². The van der Waals surface area contributed by atoms with E-state index >= 15 is 0 Å². The van der Waals surface area contributed by atoms with Crippen LogP contribution >= 0.6 is 0 Å². The maximum Gasteiger partial charge on any atom is 0.227 e. The van der Waals surface area contributed by atoms with E-state index in [4.69, 9.17) is 14.2 Å². The summed E-state index contributed by atoms with van der Waals surface area (Å²) < 4.78 is 16.7. The average molecular weight is 307 g/mol. The van der Waals surface area contributed by atoms with Crippen molar-refractivity contribution >= 4 is 11.6 Å². The van der Waals surface area contributed by atoms with Crippen LogP contribution in [0.5, 0.6) is 11.5 Å². The van der Waals surface area contributed by atoms with E-state index in [0.29, 0.717) is 23.8 Å². The fraction of sp³-hybridized carbons (Fsp3) is 0.588. The minimum Gasteiger partial charge on any atom is -0.493 e. The molecule has 5 heteroatoms. The first kappa shape index (κ1) is 16.6. The number of anilines is 1. The molecule has 0 saturated carbocycles. The topological polar surface area (TPSA) is 56.8 Å². The second-order valence-corrected chi connectivity index (χ2v) is 5.61. The number of hydrogen-bond donors (Lipinski definition) is 1. The van der Waals surface area contributed by atoms with Crippen LogP contribution in [-0.4, -0.2) is 32.3 Å². The van der Waals surface area contributed by atoms with Crippen LogP contribution < -0.4 is 14.8 Å². The highest BCUT2D eigenvalue weighted by Crippen LogP contribution is 2.31. The standard InChI is InChI=1S/C17H25NO4/c1-4-12(2)17(19)18-13-7-8-15(20-3)16(10-13)22-11-14-6-5-9-21-14/h7-8,10,12,14H,4-6,9,11H2,1-3H3,(H,18,19). The van der Waals surface area contributed by atoms with Gasteiger partial charge in [0.05, 0.1) is 13.2 Å². The highest BCUT2D eigenvalue weighted by molar-refractivity contribution is 5.92. The first-order valence-corrected chi connectivity index (χ1v) is 7.87. The molecular formula is C17H25NO4. The van der Waals surface area contributed by atoms with E-state index in [9.17, 15) is 4.79 Å². The predicted molar refractivity (Wildman–Crippen MR) is 85.5 cm³/mol. The zero-order chi connectivity index (χ0) is 15.9. The fourth-order valence-corrected chi connectivity index (χ4v) is 2.28. The van der Waals surface area contributed by atoms with Gasteiger partial charge in [-0.25, -0.2) is 0 Å². The van der Waals surface area contributed by atoms with E-state index in [1.165, 1.54) is 0 Å². The summed E-state index contributed by atoms with van der Waals surface area (Å²) in [7, 11) is 1.60. The highest BCUT2D eigenvalue weighted by atomic mass is 16.5. The summed E-state index contributed by atoms with van der Waals surface area (Å²) in [5.41, 5.74) is 0.716. The monoisotopic (exact) mass is 307 g/mol. The first-order chi connectivity index (χ1) is 10.6. The van der Waals surface area contributed by atoms with Crippen molar-refractivity contribution in [3.8, 4) is 11.5 Å². The number of nitrogens with one attached hydrogen (secondary N) is 1. The van der Waals surface area contributed by atoms with Crippen LogP contribution in [-0.2, 0) is 9.53 Å². The van der Waals surface area contributed by atoms with Crippen LogP contribution in [0.3, 0.4) is 0 Å². The van der Waals surface area contributed by atoms with Crippen molar-refractivity contribution in [1.29, 1.82) is 0 Å². The summed E-state index contributed by atoms with van der Waals surface area (Å²) in [6.45, 7) is 5.21. The molecule has 0 aliphatic carbocycles. The van der Waals surface area contributed by atoms with Crippen molar-refractivity contribution in [1.82, 2.24) is 0 Å². The minimum atomic E-state index is -0.0154. The number of hydrogen-bond acceptors (Lipinski definition) is 4. The highest BCUT2D eigenvalue weighted by Gasteiger charge is 2.18. The third kappa shape index (κ3) is 4.37. The van der Waals surface area contributed by atoms with Gasteiger partial charge in [-0.2, -0.15) is 0 Å². The van der Waals surface area contributed by atoms with E-state index < -0.39 is 0 Å². The Hall–Kier alpha value is -1.75. The van der Waals surface area contributed by atoms with Gasteiger partial charge in [0.25, 0.3) is 0 Å². The largest absolute Gasteiger partial charge is 0.493 e. The number of methoxy groups -OCH3 is 1. The molecule has 1 aliphatic rings. The van der Waals surface area contributed by atoms with Gasteiger partial charge >= 0.3 is 0 Å². The fourth-order valence-electron chi connectivity index (χ4n) is 2.28. The van der Waals surface area contributed by atoms with Crippen LogP contribution in [0, 0.1) is 5.92 Å². The molecule has 2 unspecified atom stereocenters. The van der Waals surface area contributed by atoms with E-state index in [-0.39, 0.29) is 17.9 Å². The maximum atomic E-state index is 12.0. The molecule has 1 heterocycles. The Morgan fingerprint density at radius 1 is 1.45 bits per heavy atom. The maximum absolute atomic E-state index is 12.0. The van der Waals surface area contributed by atoms with Crippen LogP contribution in [0.2, 0.25) is 0 Å². The van der Waals surface area contributed by atoms with Crippen LogP contribution in [0.15, 0.2) is 18.2 Å². The number of rotatable bonds is 7. The molecular weight excluding hydrogens is 282 g/mol. The van der Waals surface area contributed by atoms with Crippen LogP contribution in [0.4, 0.5) is 5.69 Å². The Morgan fingerprint density at radius 2 is 2.27 bits per heavy atom. The van der Waals surface area contributed by atoms with Gasteiger partial charge in [-0.1, -0.05) is 13.8 Å². The molecule has 1 aromatic carbocycles. The van der Waals surface area contributed by atoms with E-state index in [0.717, 1.165) is 25.9 Å². The van der Waals surface area contributed by atoms with Crippen molar-refractivity contribution in [2.75, 3.05) is 25.6 Å². The number of benzene rings is 1. The lowest BCUT2D eigenvalue weighted by Gasteiger charge is -2.16. The second-order valence-electron chi connectivity index (χ2n) is 5.61. The number of ether oxygens (including phenoxy) is 3. The molecule has 1 N–H and O–H groups in total. The van der Waals surface area contributed by atoms with E-state index in [1.807, 2.05) is 19.9 Å². The van der Waals surface area contributed by atoms with Gasteiger partial charge in [-0.15, -0.1) is 0 Å². The lowest BCUT2D eigenvalue weighted by molar-refractivity contribution is -0.119. The minimum absolute atomic E-state index is 0.0118. The van der Waals surface area contributed by atoms with Crippen molar-refractivity contribution in [2.24, 2.45) is 5.92 Å². The third-order valence-electron chi connectivity index (χ3n) is 3.94. The smallest absolute Gasteiger partial charge is 0.227 e. The molecule has 5 nitrogen and oxygen atoms in total. The van der Waals surface area contributed by atoms with Crippen molar-refractivity contribution in [3.63, 3.8) is 0 Å². The summed E-state index contributed by atoms with van der Waals surface area (Å²) in [6.07, 6.45) is 3.05. The molecule has 1 aliphatic heterocycles. The zero-order valence-electron chi connectivity index (χ0n) is 13.6. The van der Waals surface area contributed by atoms with Gasteiger partial charge in [-0.3, -0.25) is 4.79 Å².